The van der Waals surface area contributed by atoms with Gasteiger partial charge in [-0.15, -0.1) is 0 Å². The van der Waals surface area contributed by atoms with E-state index in [1.807, 2.05) is 0 Å². The number of ether oxygens (including phenoxy) is 2. The van der Waals surface area contributed by atoms with Gasteiger partial charge in [0.1, 0.15) is 5.75 Å². The molecule has 23 heavy (non-hydrogen) atoms. The van der Waals surface area contributed by atoms with Crippen molar-refractivity contribution in [2.75, 3.05) is 19.8 Å². The average Bonchev–Trinajstić information content (AvgIpc) is 2.97. The maximum atomic E-state index is 12.3. The van der Waals surface area contributed by atoms with Gasteiger partial charge in [-0.3, -0.25) is 4.79 Å². The lowest BCUT2D eigenvalue weighted by atomic mass is 9.98. The first kappa shape index (κ1) is 17.3. The molecule has 1 saturated heterocycles. The Kier molecular flexibility index (Phi) is 5.60. The van der Waals surface area contributed by atoms with Crippen molar-refractivity contribution in [3.63, 3.8) is 0 Å². The van der Waals surface area contributed by atoms with Crippen molar-refractivity contribution in [1.29, 1.82) is 0 Å². The molecule has 1 aliphatic heterocycles. The van der Waals surface area contributed by atoms with Gasteiger partial charge in [-0.1, -0.05) is 13.8 Å². The van der Waals surface area contributed by atoms with Crippen LogP contribution in [0.25, 0.3) is 0 Å². The van der Waals surface area contributed by atoms with Gasteiger partial charge in [0, 0.05) is 18.6 Å². The molecule has 0 spiro atoms. The molecular weight excluding hydrogens is 298 g/mol. The van der Waals surface area contributed by atoms with Crippen molar-refractivity contribution in [3.8, 4) is 5.75 Å². The highest BCUT2D eigenvalue weighted by atomic mass is 16.5. The zero-order valence-electron chi connectivity index (χ0n) is 13.5. The van der Waals surface area contributed by atoms with E-state index in [1.54, 1.807) is 24.3 Å². The standard InChI is InChI=1S/C17H23NO5/c1-12(2)7-9-23-14-5-3-13(4-6-14)15(19)18-17(16(20)21)8-10-22-11-17/h3-6,12H,7-11H2,1-2H3,(H,18,19)(H,20,21). The number of hydrogen-bond donors (Lipinski definition) is 2. The summed E-state index contributed by atoms with van der Waals surface area (Å²) in [5.41, 5.74) is -0.933. The van der Waals surface area contributed by atoms with E-state index in [9.17, 15) is 14.7 Å². The molecule has 0 bridgehead atoms. The topological polar surface area (TPSA) is 84.9 Å². The Morgan fingerprint density at radius 2 is 2.04 bits per heavy atom. The summed E-state index contributed by atoms with van der Waals surface area (Å²) >= 11 is 0. The summed E-state index contributed by atoms with van der Waals surface area (Å²) in [7, 11) is 0. The van der Waals surface area contributed by atoms with Crippen LogP contribution < -0.4 is 10.1 Å². The normalized spacial score (nSPS) is 20.5. The zero-order valence-corrected chi connectivity index (χ0v) is 13.5. The van der Waals surface area contributed by atoms with Crippen LogP contribution in [0.3, 0.4) is 0 Å². The number of amides is 1. The summed E-state index contributed by atoms with van der Waals surface area (Å²) in [5, 5.41) is 11.9. The lowest BCUT2D eigenvalue weighted by Gasteiger charge is -2.23. The molecule has 2 N–H and O–H groups in total. The number of benzene rings is 1. The Balaban J connectivity index is 1.96. The van der Waals surface area contributed by atoms with E-state index >= 15 is 0 Å². The van der Waals surface area contributed by atoms with E-state index < -0.39 is 17.4 Å². The minimum atomic E-state index is -1.33. The van der Waals surface area contributed by atoms with Crippen LogP contribution in [0.4, 0.5) is 0 Å². The number of nitrogens with one attached hydrogen (secondary N) is 1. The molecule has 1 fully saturated rings. The van der Waals surface area contributed by atoms with Crippen LogP contribution in [0.15, 0.2) is 24.3 Å². The molecule has 0 aliphatic carbocycles. The van der Waals surface area contributed by atoms with Crippen molar-refractivity contribution in [1.82, 2.24) is 5.32 Å². The van der Waals surface area contributed by atoms with Gasteiger partial charge in [0.15, 0.2) is 5.54 Å². The molecule has 1 aliphatic rings. The smallest absolute Gasteiger partial charge is 0.331 e. The van der Waals surface area contributed by atoms with Crippen molar-refractivity contribution in [2.45, 2.75) is 32.2 Å². The summed E-state index contributed by atoms with van der Waals surface area (Å²) in [4.78, 5) is 23.7. The minimum absolute atomic E-state index is 0.00945. The van der Waals surface area contributed by atoms with Gasteiger partial charge >= 0.3 is 5.97 Å². The number of aliphatic carboxylic acids is 1. The van der Waals surface area contributed by atoms with E-state index in [1.165, 1.54) is 0 Å². The maximum Gasteiger partial charge on any atom is 0.331 e. The van der Waals surface area contributed by atoms with Crippen molar-refractivity contribution in [3.05, 3.63) is 29.8 Å². The second-order valence-corrected chi connectivity index (χ2v) is 6.20. The number of carbonyl (C=O) groups is 2. The molecule has 1 aromatic carbocycles. The third kappa shape index (κ3) is 4.45. The molecule has 1 heterocycles. The summed E-state index contributed by atoms with van der Waals surface area (Å²) in [6, 6.07) is 6.69. The molecule has 1 aromatic rings. The predicted molar refractivity (Wildman–Crippen MR) is 84.7 cm³/mol. The number of rotatable bonds is 7. The van der Waals surface area contributed by atoms with Crippen molar-refractivity contribution < 1.29 is 24.2 Å². The van der Waals surface area contributed by atoms with Gasteiger partial charge in [-0.25, -0.2) is 4.79 Å². The second-order valence-electron chi connectivity index (χ2n) is 6.20. The first-order valence-electron chi connectivity index (χ1n) is 7.79. The van der Waals surface area contributed by atoms with Crippen LogP contribution in [0.5, 0.6) is 5.75 Å². The minimum Gasteiger partial charge on any atom is -0.494 e. The lowest BCUT2D eigenvalue weighted by Crippen LogP contribution is -2.55. The lowest BCUT2D eigenvalue weighted by molar-refractivity contribution is -0.144. The monoisotopic (exact) mass is 321 g/mol. The second kappa shape index (κ2) is 7.46. The molecular formula is C17H23NO5. The number of hydrogen-bond acceptors (Lipinski definition) is 4. The summed E-state index contributed by atoms with van der Waals surface area (Å²) in [6.07, 6.45) is 1.23. The van der Waals surface area contributed by atoms with Crippen LogP contribution in [0, 0.1) is 5.92 Å². The largest absolute Gasteiger partial charge is 0.494 e. The van der Waals surface area contributed by atoms with E-state index in [-0.39, 0.29) is 13.0 Å². The summed E-state index contributed by atoms with van der Waals surface area (Å²) < 4.78 is 10.7. The SMILES string of the molecule is CC(C)CCOc1ccc(C(=O)NC2(C(=O)O)CCOC2)cc1. The number of carbonyl (C=O) groups excluding carboxylic acids is 1. The molecule has 0 aromatic heterocycles. The Morgan fingerprint density at radius 3 is 2.57 bits per heavy atom. The fourth-order valence-corrected chi connectivity index (χ4v) is 2.29. The quantitative estimate of drug-likeness (QED) is 0.803. The van der Waals surface area contributed by atoms with Crippen LogP contribution >= 0.6 is 0 Å². The molecule has 2 rings (SSSR count). The molecule has 6 nitrogen and oxygen atoms in total. The number of carboxylic acids is 1. The van der Waals surface area contributed by atoms with Gasteiger partial charge in [-0.2, -0.15) is 0 Å². The Morgan fingerprint density at radius 1 is 1.35 bits per heavy atom. The Labute approximate surface area is 135 Å². The molecule has 126 valence electrons. The fraction of sp³-hybridized carbons (Fsp3) is 0.529. The molecule has 1 atom stereocenters. The predicted octanol–water partition coefficient (Wildman–Crippen LogP) is 2.08. The first-order chi connectivity index (χ1) is 10.9. The van der Waals surface area contributed by atoms with Crippen LogP contribution in [0.1, 0.15) is 37.0 Å². The average molecular weight is 321 g/mol. The van der Waals surface area contributed by atoms with Gasteiger partial charge in [0.25, 0.3) is 5.91 Å². The zero-order chi connectivity index (χ0) is 16.9. The highest BCUT2D eigenvalue weighted by Gasteiger charge is 2.44. The van der Waals surface area contributed by atoms with Crippen molar-refractivity contribution >= 4 is 11.9 Å². The maximum absolute atomic E-state index is 12.3. The summed E-state index contributed by atoms with van der Waals surface area (Å²) in [6.45, 7) is 5.20. The molecule has 0 saturated carbocycles. The summed E-state index contributed by atoms with van der Waals surface area (Å²) in [5.74, 6) is -0.233. The third-order valence-electron chi connectivity index (χ3n) is 3.86. The van der Waals surface area contributed by atoms with Crippen LogP contribution in [-0.4, -0.2) is 42.3 Å². The van der Waals surface area contributed by atoms with E-state index in [4.69, 9.17) is 9.47 Å². The molecule has 6 heteroatoms. The van der Waals surface area contributed by atoms with Gasteiger partial charge in [-0.05, 0) is 36.6 Å². The van der Waals surface area contributed by atoms with Gasteiger partial charge < -0.3 is 19.9 Å². The van der Waals surface area contributed by atoms with Crippen LogP contribution in [0.2, 0.25) is 0 Å². The molecule has 1 amide bonds. The van der Waals surface area contributed by atoms with Gasteiger partial charge in [0.2, 0.25) is 0 Å². The Bertz CT molecular complexity index is 547. The van der Waals surface area contributed by atoms with Crippen molar-refractivity contribution in [2.24, 2.45) is 5.92 Å². The van der Waals surface area contributed by atoms with E-state index in [0.29, 0.717) is 30.4 Å². The fourth-order valence-electron chi connectivity index (χ4n) is 2.29. The number of carboxylic acid groups (broad SMARTS) is 1. The van der Waals surface area contributed by atoms with E-state index in [0.717, 1.165) is 6.42 Å². The van der Waals surface area contributed by atoms with Gasteiger partial charge in [0.05, 0.1) is 13.2 Å². The highest BCUT2D eigenvalue weighted by molar-refractivity contribution is 5.98. The molecule has 1 unspecified atom stereocenters. The highest BCUT2D eigenvalue weighted by Crippen LogP contribution is 2.20. The first-order valence-corrected chi connectivity index (χ1v) is 7.79. The molecule has 0 radical (unpaired) electrons. The Hall–Kier alpha value is -2.08. The van der Waals surface area contributed by atoms with E-state index in [2.05, 4.69) is 19.2 Å². The third-order valence-corrected chi connectivity index (χ3v) is 3.86. The van der Waals surface area contributed by atoms with Crippen LogP contribution in [-0.2, 0) is 9.53 Å².